The van der Waals surface area contributed by atoms with Gasteiger partial charge in [-0.1, -0.05) is 68.4 Å². The Labute approximate surface area is 149 Å². The fourth-order valence-electron chi connectivity index (χ4n) is 3.70. The molecule has 0 unspecified atom stereocenters. The van der Waals surface area contributed by atoms with E-state index in [1.165, 1.54) is 21.6 Å². The van der Waals surface area contributed by atoms with Gasteiger partial charge in [0.2, 0.25) is 0 Å². The summed E-state index contributed by atoms with van der Waals surface area (Å²) in [5.41, 5.74) is 3.70. The number of amides is 1. The number of benzene rings is 2. The number of hydrogen-bond acceptors (Lipinski definition) is 2. The molecular formula is C21H26N2O2. The second-order valence-corrected chi connectivity index (χ2v) is 7.04. The fourth-order valence-corrected chi connectivity index (χ4v) is 3.70. The minimum atomic E-state index is -0.827. The molecule has 2 N–H and O–H groups in total. The van der Waals surface area contributed by atoms with Crippen molar-refractivity contribution in [2.45, 2.75) is 38.3 Å². The van der Waals surface area contributed by atoms with Gasteiger partial charge in [-0.15, -0.1) is 0 Å². The van der Waals surface area contributed by atoms with Gasteiger partial charge in [-0.25, -0.2) is 4.79 Å². The predicted molar refractivity (Wildman–Crippen MR) is 101 cm³/mol. The highest BCUT2D eigenvalue weighted by molar-refractivity contribution is 5.66. The van der Waals surface area contributed by atoms with Crippen LogP contribution in [0.15, 0.2) is 54.6 Å². The monoisotopic (exact) mass is 338 g/mol. The summed E-state index contributed by atoms with van der Waals surface area (Å²) in [6.07, 6.45) is 0.0154. The van der Waals surface area contributed by atoms with Crippen molar-refractivity contribution in [1.82, 2.24) is 10.2 Å². The summed E-state index contributed by atoms with van der Waals surface area (Å²) in [6.45, 7) is 5.34. The topological polar surface area (TPSA) is 52.6 Å². The average Bonchev–Trinajstić information content (AvgIpc) is 2.62. The summed E-state index contributed by atoms with van der Waals surface area (Å²) in [5.74, 6) is 0.321. The zero-order chi connectivity index (χ0) is 17.8. The van der Waals surface area contributed by atoms with E-state index in [2.05, 4.69) is 67.7 Å². The Morgan fingerprint density at radius 3 is 2.52 bits per heavy atom. The van der Waals surface area contributed by atoms with Crippen LogP contribution in [0.5, 0.6) is 0 Å². The molecule has 4 heteroatoms. The molecule has 0 radical (unpaired) electrons. The number of piperidine rings is 1. The molecule has 1 saturated heterocycles. The maximum absolute atomic E-state index is 11.4. The first-order valence-electron chi connectivity index (χ1n) is 8.94. The van der Waals surface area contributed by atoms with Gasteiger partial charge in [0, 0.05) is 31.1 Å². The van der Waals surface area contributed by atoms with Crippen LogP contribution >= 0.6 is 0 Å². The lowest BCUT2D eigenvalue weighted by atomic mass is 9.84. The molecule has 1 amide bonds. The second kappa shape index (κ2) is 7.70. The van der Waals surface area contributed by atoms with Crippen molar-refractivity contribution in [3.05, 3.63) is 60.2 Å². The van der Waals surface area contributed by atoms with Crippen LogP contribution in [0.4, 0.5) is 4.79 Å². The summed E-state index contributed by atoms with van der Waals surface area (Å²) in [5, 5.41) is 12.9. The van der Waals surface area contributed by atoms with Crippen molar-refractivity contribution in [1.29, 1.82) is 0 Å². The molecule has 2 aromatic rings. The van der Waals surface area contributed by atoms with Crippen LogP contribution in [0.25, 0.3) is 11.1 Å². The smallest absolute Gasteiger partial charge is 0.407 e. The number of rotatable bonds is 4. The maximum Gasteiger partial charge on any atom is 0.407 e. The lowest BCUT2D eigenvalue weighted by Gasteiger charge is -2.39. The number of carboxylic acid groups (broad SMARTS) is 1. The highest BCUT2D eigenvalue weighted by Crippen LogP contribution is 2.31. The van der Waals surface area contributed by atoms with Gasteiger partial charge >= 0.3 is 6.09 Å². The number of nitrogens with one attached hydrogen (secondary N) is 1. The van der Waals surface area contributed by atoms with Crippen molar-refractivity contribution >= 4 is 6.09 Å². The lowest BCUT2D eigenvalue weighted by molar-refractivity contribution is 0.118. The average molecular weight is 338 g/mol. The number of likely N-dealkylation sites (tertiary alicyclic amines) is 1. The molecule has 1 aliphatic heterocycles. The third-order valence-corrected chi connectivity index (χ3v) is 4.85. The lowest BCUT2D eigenvalue weighted by Crippen LogP contribution is -2.53. The normalized spacial score (nSPS) is 20.7. The third-order valence-electron chi connectivity index (χ3n) is 4.85. The molecule has 0 aromatic heterocycles. The van der Waals surface area contributed by atoms with Gasteiger partial charge in [-0.05, 0) is 23.1 Å². The Morgan fingerprint density at radius 2 is 1.84 bits per heavy atom. The Balaban J connectivity index is 1.87. The van der Waals surface area contributed by atoms with Crippen LogP contribution in [0.2, 0.25) is 0 Å². The van der Waals surface area contributed by atoms with Gasteiger partial charge in [0.05, 0.1) is 0 Å². The first-order valence-corrected chi connectivity index (χ1v) is 8.94. The summed E-state index contributed by atoms with van der Waals surface area (Å²) < 4.78 is 0. The van der Waals surface area contributed by atoms with Crippen molar-refractivity contribution in [3.63, 3.8) is 0 Å². The van der Waals surface area contributed by atoms with Gasteiger partial charge in [0.15, 0.2) is 0 Å². The SMILES string of the molecule is CC(C)N[C@@H]1CN(C(=O)O)CC[C@H]1c1cccc(-c2ccccc2)c1. The molecule has 3 rings (SSSR count). The zero-order valence-corrected chi connectivity index (χ0v) is 14.9. The van der Waals surface area contributed by atoms with Gasteiger partial charge in [0.25, 0.3) is 0 Å². The van der Waals surface area contributed by atoms with E-state index in [-0.39, 0.29) is 6.04 Å². The van der Waals surface area contributed by atoms with E-state index in [4.69, 9.17) is 0 Å². The maximum atomic E-state index is 11.4. The largest absolute Gasteiger partial charge is 0.465 e. The van der Waals surface area contributed by atoms with E-state index in [1.54, 1.807) is 0 Å². The van der Waals surface area contributed by atoms with E-state index >= 15 is 0 Å². The quantitative estimate of drug-likeness (QED) is 0.879. The number of hydrogen-bond donors (Lipinski definition) is 2. The van der Waals surface area contributed by atoms with E-state index < -0.39 is 6.09 Å². The van der Waals surface area contributed by atoms with Crippen molar-refractivity contribution in [2.24, 2.45) is 0 Å². The standard InChI is InChI=1S/C21H26N2O2/c1-15(2)22-20-14-23(21(24)25)12-11-19(20)18-10-6-9-17(13-18)16-7-4-3-5-8-16/h3-10,13,15,19-20,22H,11-12,14H2,1-2H3,(H,24,25)/t19-,20+/m0/s1. The molecule has 0 bridgehead atoms. The zero-order valence-electron chi connectivity index (χ0n) is 14.9. The Morgan fingerprint density at radius 1 is 1.12 bits per heavy atom. The van der Waals surface area contributed by atoms with Crippen molar-refractivity contribution in [2.75, 3.05) is 13.1 Å². The molecule has 0 spiro atoms. The highest BCUT2D eigenvalue weighted by Gasteiger charge is 2.32. The summed E-state index contributed by atoms with van der Waals surface area (Å²) in [6, 6.07) is 19.5. The van der Waals surface area contributed by atoms with E-state index in [0.29, 0.717) is 25.0 Å². The van der Waals surface area contributed by atoms with Crippen molar-refractivity contribution < 1.29 is 9.90 Å². The molecule has 0 saturated carbocycles. The molecule has 25 heavy (non-hydrogen) atoms. The van der Waals surface area contributed by atoms with E-state index in [0.717, 1.165) is 6.42 Å². The van der Waals surface area contributed by atoms with E-state index in [9.17, 15) is 9.90 Å². The molecular weight excluding hydrogens is 312 g/mol. The third kappa shape index (κ3) is 4.20. The number of nitrogens with zero attached hydrogens (tertiary/aromatic N) is 1. The molecule has 1 aliphatic rings. The fraction of sp³-hybridized carbons (Fsp3) is 0.381. The molecule has 1 heterocycles. The summed E-state index contributed by atoms with van der Waals surface area (Å²) in [7, 11) is 0. The van der Waals surface area contributed by atoms with Gasteiger partial charge < -0.3 is 15.3 Å². The molecule has 0 aliphatic carbocycles. The van der Waals surface area contributed by atoms with Crippen LogP contribution in [0.1, 0.15) is 31.7 Å². The van der Waals surface area contributed by atoms with Crippen LogP contribution < -0.4 is 5.32 Å². The Bertz CT molecular complexity index is 715. The molecule has 2 atom stereocenters. The molecule has 1 fully saturated rings. The van der Waals surface area contributed by atoms with Crippen LogP contribution in [0, 0.1) is 0 Å². The number of carbonyl (C=O) groups is 1. The van der Waals surface area contributed by atoms with Crippen molar-refractivity contribution in [3.8, 4) is 11.1 Å². The van der Waals surface area contributed by atoms with Gasteiger partial charge in [-0.3, -0.25) is 0 Å². The predicted octanol–water partition coefficient (Wildman–Crippen LogP) is 4.19. The summed E-state index contributed by atoms with van der Waals surface area (Å²) >= 11 is 0. The van der Waals surface area contributed by atoms with Crippen LogP contribution in [0.3, 0.4) is 0 Å². The Hall–Kier alpha value is -2.33. The molecule has 2 aromatic carbocycles. The van der Waals surface area contributed by atoms with E-state index in [1.807, 2.05) is 6.07 Å². The molecule has 4 nitrogen and oxygen atoms in total. The minimum Gasteiger partial charge on any atom is -0.465 e. The minimum absolute atomic E-state index is 0.135. The van der Waals surface area contributed by atoms with Crippen LogP contribution in [-0.4, -0.2) is 41.3 Å². The van der Waals surface area contributed by atoms with Gasteiger partial charge in [-0.2, -0.15) is 0 Å². The first-order chi connectivity index (χ1) is 12.0. The summed E-state index contributed by atoms with van der Waals surface area (Å²) in [4.78, 5) is 12.9. The van der Waals surface area contributed by atoms with Crippen LogP contribution in [-0.2, 0) is 0 Å². The van der Waals surface area contributed by atoms with Gasteiger partial charge in [0.1, 0.15) is 0 Å². The first kappa shape index (κ1) is 17.5. The highest BCUT2D eigenvalue weighted by atomic mass is 16.4. The Kier molecular flexibility index (Phi) is 5.39. The molecule has 132 valence electrons. The second-order valence-electron chi connectivity index (χ2n) is 7.04.